The highest BCUT2D eigenvalue weighted by molar-refractivity contribution is 7.89. The normalized spacial score (nSPS) is 14.4. The number of carbonyl (C=O) groups excluding carboxylic acids is 1. The Hall–Kier alpha value is -1.60. The predicted molar refractivity (Wildman–Crippen MR) is 77.7 cm³/mol. The largest absolute Gasteiger partial charge is 0.336 e. The first-order valence-corrected chi connectivity index (χ1v) is 7.98. The minimum atomic E-state index is -3.69. The second-order valence-electron chi connectivity index (χ2n) is 4.76. The molecule has 0 spiro atoms. The van der Waals surface area contributed by atoms with Crippen molar-refractivity contribution in [3.8, 4) is 0 Å². The molecule has 0 aromatic heterocycles. The molecule has 2 amide bonds. The van der Waals surface area contributed by atoms with E-state index in [-0.39, 0.29) is 23.0 Å². The third-order valence-electron chi connectivity index (χ3n) is 3.05. The average molecular weight is 299 g/mol. The predicted octanol–water partition coefficient (Wildman–Crippen LogP) is 1.49. The van der Waals surface area contributed by atoms with Gasteiger partial charge in [-0.15, -0.1) is 0 Å². The number of hydrogen-bond donors (Lipinski definition) is 3. The molecule has 1 rings (SSSR count). The summed E-state index contributed by atoms with van der Waals surface area (Å²) in [5.74, 6) is 0. The van der Waals surface area contributed by atoms with Crippen molar-refractivity contribution in [3.63, 3.8) is 0 Å². The Labute approximate surface area is 119 Å². The van der Waals surface area contributed by atoms with Crippen LogP contribution in [0.1, 0.15) is 38.8 Å². The summed E-state index contributed by atoms with van der Waals surface area (Å²) < 4.78 is 22.3. The molecular formula is C13H21N3O3S. The molecule has 0 aliphatic heterocycles. The van der Waals surface area contributed by atoms with Crippen molar-refractivity contribution in [3.05, 3.63) is 29.8 Å². The van der Waals surface area contributed by atoms with Crippen LogP contribution in [0.5, 0.6) is 0 Å². The lowest BCUT2D eigenvalue weighted by Crippen LogP contribution is -2.41. The SMILES string of the molecule is CC[C@H](C)NC(=O)N[C@@H](C)c1ccc(S(N)(=O)=O)cc1. The van der Waals surface area contributed by atoms with E-state index in [0.717, 1.165) is 12.0 Å². The molecule has 0 aliphatic carbocycles. The van der Waals surface area contributed by atoms with Gasteiger partial charge in [-0.25, -0.2) is 18.4 Å². The molecule has 20 heavy (non-hydrogen) atoms. The molecule has 0 radical (unpaired) electrons. The third-order valence-corrected chi connectivity index (χ3v) is 3.98. The van der Waals surface area contributed by atoms with Crippen LogP contribution in [0.15, 0.2) is 29.2 Å². The summed E-state index contributed by atoms with van der Waals surface area (Å²) in [4.78, 5) is 11.7. The minimum Gasteiger partial charge on any atom is -0.336 e. The van der Waals surface area contributed by atoms with E-state index in [4.69, 9.17) is 5.14 Å². The lowest BCUT2D eigenvalue weighted by Gasteiger charge is -2.17. The molecule has 4 N–H and O–H groups in total. The molecule has 0 unspecified atom stereocenters. The highest BCUT2D eigenvalue weighted by Crippen LogP contribution is 2.15. The van der Waals surface area contributed by atoms with Crippen LogP contribution in [-0.4, -0.2) is 20.5 Å². The van der Waals surface area contributed by atoms with E-state index in [9.17, 15) is 13.2 Å². The van der Waals surface area contributed by atoms with Crippen LogP contribution in [-0.2, 0) is 10.0 Å². The van der Waals surface area contributed by atoms with Gasteiger partial charge in [-0.2, -0.15) is 0 Å². The number of carbonyl (C=O) groups is 1. The molecule has 0 saturated carbocycles. The van der Waals surface area contributed by atoms with Gasteiger partial charge in [0.15, 0.2) is 0 Å². The van der Waals surface area contributed by atoms with Crippen LogP contribution in [0.3, 0.4) is 0 Å². The molecule has 0 saturated heterocycles. The number of amides is 2. The fraction of sp³-hybridized carbons (Fsp3) is 0.462. The van der Waals surface area contributed by atoms with E-state index >= 15 is 0 Å². The van der Waals surface area contributed by atoms with Gasteiger partial charge in [0.25, 0.3) is 0 Å². The summed E-state index contributed by atoms with van der Waals surface area (Å²) in [5, 5.41) is 10.6. The molecule has 112 valence electrons. The van der Waals surface area contributed by atoms with Crippen LogP contribution < -0.4 is 15.8 Å². The first kappa shape index (κ1) is 16.5. The Bertz CT molecular complexity index is 555. The number of primary sulfonamides is 1. The summed E-state index contributed by atoms with van der Waals surface area (Å²) in [6.07, 6.45) is 0.852. The average Bonchev–Trinajstić information content (AvgIpc) is 2.37. The van der Waals surface area contributed by atoms with Crippen LogP contribution in [0.25, 0.3) is 0 Å². The van der Waals surface area contributed by atoms with Crippen molar-refractivity contribution >= 4 is 16.1 Å². The molecular weight excluding hydrogens is 278 g/mol. The summed E-state index contributed by atoms with van der Waals surface area (Å²) >= 11 is 0. The van der Waals surface area contributed by atoms with Gasteiger partial charge in [-0.3, -0.25) is 0 Å². The van der Waals surface area contributed by atoms with Crippen LogP contribution >= 0.6 is 0 Å². The van der Waals surface area contributed by atoms with Gasteiger partial charge < -0.3 is 10.6 Å². The van der Waals surface area contributed by atoms with Crippen LogP contribution in [0.2, 0.25) is 0 Å². The van der Waals surface area contributed by atoms with Gasteiger partial charge in [-0.1, -0.05) is 19.1 Å². The second kappa shape index (κ2) is 6.71. The van der Waals surface area contributed by atoms with E-state index in [2.05, 4.69) is 10.6 Å². The molecule has 0 heterocycles. The summed E-state index contributed by atoms with van der Waals surface area (Å²) in [6, 6.07) is 5.75. The topological polar surface area (TPSA) is 101 Å². The smallest absolute Gasteiger partial charge is 0.315 e. The fourth-order valence-electron chi connectivity index (χ4n) is 1.59. The van der Waals surface area contributed by atoms with Gasteiger partial charge in [-0.05, 0) is 38.0 Å². The molecule has 0 bridgehead atoms. The third kappa shape index (κ3) is 4.82. The maximum absolute atomic E-state index is 11.7. The number of nitrogens with one attached hydrogen (secondary N) is 2. The molecule has 6 nitrogen and oxygen atoms in total. The maximum Gasteiger partial charge on any atom is 0.315 e. The van der Waals surface area contributed by atoms with E-state index in [1.54, 1.807) is 12.1 Å². The monoisotopic (exact) mass is 299 g/mol. The first-order chi connectivity index (χ1) is 9.24. The van der Waals surface area contributed by atoms with Gasteiger partial charge in [0, 0.05) is 6.04 Å². The zero-order valence-corrected chi connectivity index (χ0v) is 12.7. The minimum absolute atomic E-state index is 0.0532. The van der Waals surface area contributed by atoms with Crippen molar-refractivity contribution in [2.75, 3.05) is 0 Å². The molecule has 2 atom stereocenters. The highest BCUT2D eigenvalue weighted by Gasteiger charge is 2.12. The second-order valence-corrected chi connectivity index (χ2v) is 6.32. The fourth-order valence-corrected chi connectivity index (χ4v) is 2.11. The zero-order valence-electron chi connectivity index (χ0n) is 11.9. The number of nitrogens with two attached hydrogens (primary N) is 1. The number of rotatable bonds is 5. The van der Waals surface area contributed by atoms with Crippen molar-refractivity contribution < 1.29 is 13.2 Å². The zero-order chi connectivity index (χ0) is 15.3. The van der Waals surface area contributed by atoms with Crippen LogP contribution in [0, 0.1) is 0 Å². The van der Waals surface area contributed by atoms with Gasteiger partial charge in [0.1, 0.15) is 0 Å². The molecule has 1 aromatic rings. The number of hydrogen-bond acceptors (Lipinski definition) is 3. The van der Waals surface area contributed by atoms with Gasteiger partial charge >= 0.3 is 6.03 Å². The Balaban J connectivity index is 2.69. The summed E-state index contributed by atoms with van der Waals surface area (Å²) in [6.45, 7) is 5.73. The first-order valence-electron chi connectivity index (χ1n) is 6.43. The standard InChI is InChI=1S/C13H21N3O3S/c1-4-9(2)15-13(17)16-10(3)11-5-7-12(8-6-11)20(14,18)19/h5-10H,4H2,1-3H3,(H2,14,18,19)(H2,15,16,17)/t9-,10-/m0/s1. The van der Waals surface area contributed by atoms with E-state index in [1.807, 2.05) is 20.8 Å². The van der Waals surface area contributed by atoms with E-state index < -0.39 is 10.0 Å². The van der Waals surface area contributed by atoms with Crippen LogP contribution in [0.4, 0.5) is 4.79 Å². The van der Waals surface area contributed by atoms with E-state index in [0.29, 0.717) is 0 Å². The summed E-state index contributed by atoms with van der Waals surface area (Å²) in [7, 11) is -3.69. The van der Waals surface area contributed by atoms with Gasteiger partial charge in [0.05, 0.1) is 10.9 Å². The molecule has 0 fully saturated rings. The lowest BCUT2D eigenvalue weighted by molar-refractivity contribution is 0.234. The quantitative estimate of drug-likeness (QED) is 0.767. The van der Waals surface area contributed by atoms with Crippen molar-refractivity contribution in [2.24, 2.45) is 5.14 Å². The van der Waals surface area contributed by atoms with E-state index in [1.165, 1.54) is 12.1 Å². The van der Waals surface area contributed by atoms with Crippen molar-refractivity contribution in [1.29, 1.82) is 0 Å². The Morgan fingerprint density at radius 1 is 1.20 bits per heavy atom. The Morgan fingerprint density at radius 3 is 2.20 bits per heavy atom. The Kier molecular flexibility index (Phi) is 5.52. The number of sulfonamides is 1. The number of urea groups is 1. The Morgan fingerprint density at radius 2 is 1.75 bits per heavy atom. The molecule has 0 aliphatic rings. The maximum atomic E-state index is 11.7. The van der Waals surface area contributed by atoms with Gasteiger partial charge in [0.2, 0.25) is 10.0 Å². The molecule has 7 heteroatoms. The lowest BCUT2D eigenvalue weighted by atomic mass is 10.1. The van der Waals surface area contributed by atoms with Crippen molar-refractivity contribution in [1.82, 2.24) is 10.6 Å². The van der Waals surface area contributed by atoms with Crippen molar-refractivity contribution in [2.45, 2.75) is 44.2 Å². The summed E-state index contributed by atoms with van der Waals surface area (Å²) in [5.41, 5.74) is 0.803. The molecule has 1 aromatic carbocycles. The highest BCUT2D eigenvalue weighted by atomic mass is 32.2. The number of benzene rings is 1.